The second kappa shape index (κ2) is 4.17. The summed E-state index contributed by atoms with van der Waals surface area (Å²) in [5.74, 6) is 7.77. The SMILES string of the molecule is CC(CN=C(NN)NC1CC1)C1CC1. The van der Waals surface area contributed by atoms with Crippen LogP contribution in [0.25, 0.3) is 0 Å². The van der Waals surface area contributed by atoms with E-state index in [0.29, 0.717) is 12.0 Å². The molecule has 2 aliphatic rings. The van der Waals surface area contributed by atoms with Crippen molar-refractivity contribution in [2.75, 3.05) is 6.54 Å². The Hall–Kier alpha value is -0.770. The van der Waals surface area contributed by atoms with Crippen LogP contribution >= 0.6 is 0 Å². The van der Waals surface area contributed by atoms with Crippen LogP contribution in [0.3, 0.4) is 0 Å². The van der Waals surface area contributed by atoms with Crippen LogP contribution in [0.5, 0.6) is 0 Å². The lowest BCUT2D eigenvalue weighted by molar-refractivity contribution is 0.520. The van der Waals surface area contributed by atoms with Crippen LogP contribution in [0.2, 0.25) is 0 Å². The van der Waals surface area contributed by atoms with E-state index >= 15 is 0 Å². The molecule has 2 aliphatic carbocycles. The number of nitrogens with zero attached hydrogens (tertiary/aromatic N) is 1. The van der Waals surface area contributed by atoms with E-state index in [-0.39, 0.29) is 0 Å². The van der Waals surface area contributed by atoms with Gasteiger partial charge >= 0.3 is 0 Å². The minimum Gasteiger partial charge on any atom is -0.353 e. The monoisotopic (exact) mass is 196 g/mol. The van der Waals surface area contributed by atoms with Gasteiger partial charge in [0.25, 0.3) is 0 Å². The van der Waals surface area contributed by atoms with Crippen molar-refractivity contribution >= 4 is 5.96 Å². The lowest BCUT2D eigenvalue weighted by Gasteiger charge is -2.10. The average molecular weight is 196 g/mol. The number of aliphatic imine (C=N–C) groups is 1. The summed E-state index contributed by atoms with van der Waals surface area (Å²) in [4.78, 5) is 4.45. The highest BCUT2D eigenvalue weighted by Crippen LogP contribution is 2.36. The zero-order valence-corrected chi connectivity index (χ0v) is 8.79. The van der Waals surface area contributed by atoms with Crippen molar-refractivity contribution < 1.29 is 0 Å². The van der Waals surface area contributed by atoms with Crippen molar-refractivity contribution in [3.63, 3.8) is 0 Å². The molecule has 14 heavy (non-hydrogen) atoms. The molecule has 4 nitrogen and oxygen atoms in total. The summed E-state index contributed by atoms with van der Waals surface area (Å²) in [6, 6.07) is 0.612. The van der Waals surface area contributed by atoms with Gasteiger partial charge in [0.1, 0.15) is 0 Å². The summed E-state index contributed by atoms with van der Waals surface area (Å²) in [5.41, 5.74) is 2.63. The van der Waals surface area contributed by atoms with Crippen molar-refractivity contribution in [2.45, 2.75) is 38.6 Å². The second-order valence-electron chi connectivity index (χ2n) is 4.57. The minimum atomic E-state index is 0.612. The van der Waals surface area contributed by atoms with Gasteiger partial charge in [0, 0.05) is 12.6 Å². The summed E-state index contributed by atoms with van der Waals surface area (Å²) in [5, 5.41) is 3.27. The highest BCUT2D eigenvalue weighted by atomic mass is 15.3. The van der Waals surface area contributed by atoms with Crippen molar-refractivity contribution in [1.82, 2.24) is 10.7 Å². The molecule has 0 bridgehead atoms. The normalized spacial score (nSPS) is 24.6. The molecule has 0 aromatic carbocycles. The molecule has 0 radical (unpaired) electrons. The highest BCUT2D eigenvalue weighted by molar-refractivity contribution is 5.79. The predicted molar refractivity (Wildman–Crippen MR) is 57.7 cm³/mol. The third kappa shape index (κ3) is 2.87. The highest BCUT2D eigenvalue weighted by Gasteiger charge is 2.27. The molecule has 0 spiro atoms. The van der Waals surface area contributed by atoms with Crippen LogP contribution in [0.4, 0.5) is 0 Å². The van der Waals surface area contributed by atoms with E-state index < -0.39 is 0 Å². The zero-order valence-electron chi connectivity index (χ0n) is 8.79. The number of hydrazine groups is 1. The third-order valence-electron chi connectivity index (χ3n) is 3.02. The first kappa shape index (κ1) is 9.77. The van der Waals surface area contributed by atoms with Crippen LogP contribution in [0.1, 0.15) is 32.6 Å². The molecule has 0 aromatic rings. The fourth-order valence-corrected chi connectivity index (χ4v) is 1.60. The van der Waals surface area contributed by atoms with E-state index in [0.717, 1.165) is 18.4 Å². The van der Waals surface area contributed by atoms with E-state index in [2.05, 4.69) is 22.7 Å². The summed E-state index contributed by atoms with van der Waals surface area (Å²) < 4.78 is 0. The van der Waals surface area contributed by atoms with Crippen LogP contribution in [0, 0.1) is 11.8 Å². The second-order valence-corrected chi connectivity index (χ2v) is 4.57. The van der Waals surface area contributed by atoms with Gasteiger partial charge in [-0.3, -0.25) is 10.4 Å². The Labute approximate surface area is 85.3 Å². The Morgan fingerprint density at radius 1 is 1.43 bits per heavy atom. The molecule has 0 saturated heterocycles. The maximum atomic E-state index is 5.38. The molecule has 0 aliphatic heterocycles. The van der Waals surface area contributed by atoms with Crippen LogP contribution < -0.4 is 16.6 Å². The van der Waals surface area contributed by atoms with Crippen molar-refractivity contribution in [3.8, 4) is 0 Å². The molecule has 4 heteroatoms. The molecule has 80 valence electrons. The molecular weight excluding hydrogens is 176 g/mol. The van der Waals surface area contributed by atoms with E-state index in [4.69, 9.17) is 5.84 Å². The molecule has 0 amide bonds. The molecule has 1 unspecified atom stereocenters. The van der Waals surface area contributed by atoms with Gasteiger partial charge in [-0.25, -0.2) is 5.84 Å². The van der Waals surface area contributed by atoms with Crippen LogP contribution in [-0.4, -0.2) is 18.5 Å². The molecular formula is C10H20N4. The Bertz CT molecular complexity index is 218. The zero-order chi connectivity index (χ0) is 9.97. The molecule has 0 heterocycles. The van der Waals surface area contributed by atoms with Gasteiger partial charge < -0.3 is 5.32 Å². The number of nitrogens with one attached hydrogen (secondary N) is 2. The molecule has 2 fully saturated rings. The van der Waals surface area contributed by atoms with E-state index in [1.807, 2.05) is 0 Å². The van der Waals surface area contributed by atoms with Gasteiger partial charge in [-0.15, -0.1) is 0 Å². The molecule has 1 atom stereocenters. The van der Waals surface area contributed by atoms with Gasteiger partial charge in [-0.05, 0) is 37.5 Å². The fraction of sp³-hybridized carbons (Fsp3) is 0.900. The standard InChI is InChI=1S/C10H20N4/c1-7(8-2-3-8)6-12-10(14-11)13-9-4-5-9/h7-9H,2-6,11H2,1H3,(H2,12,13,14). The van der Waals surface area contributed by atoms with E-state index in [1.165, 1.54) is 25.7 Å². The first-order valence-electron chi connectivity index (χ1n) is 5.57. The number of hydrogen-bond acceptors (Lipinski definition) is 2. The van der Waals surface area contributed by atoms with E-state index in [9.17, 15) is 0 Å². The Kier molecular flexibility index (Phi) is 2.91. The van der Waals surface area contributed by atoms with Gasteiger partial charge in [0.05, 0.1) is 0 Å². The molecule has 2 rings (SSSR count). The van der Waals surface area contributed by atoms with Gasteiger partial charge in [-0.2, -0.15) is 0 Å². The smallest absolute Gasteiger partial charge is 0.205 e. The lowest BCUT2D eigenvalue weighted by atomic mass is 10.1. The van der Waals surface area contributed by atoms with Gasteiger partial charge in [-0.1, -0.05) is 6.92 Å². The number of hydrogen-bond donors (Lipinski definition) is 3. The number of nitrogens with two attached hydrogens (primary N) is 1. The number of rotatable bonds is 4. The predicted octanol–water partition coefficient (Wildman–Crippen LogP) is 0.604. The molecule has 2 saturated carbocycles. The largest absolute Gasteiger partial charge is 0.353 e. The van der Waals surface area contributed by atoms with Crippen LogP contribution in [-0.2, 0) is 0 Å². The van der Waals surface area contributed by atoms with Crippen LogP contribution in [0.15, 0.2) is 4.99 Å². The Morgan fingerprint density at radius 2 is 2.14 bits per heavy atom. The maximum absolute atomic E-state index is 5.38. The van der Waals surface area contributed by atoms with Crippen molar-refractivity contribution in [1.29, 1.82) is 0 Å². The quantitative estimate of drug-likeness (QED) is 0.267. The summed E-state index contributed by atoms with van der Waals surface area (Å²) in [6.07, 6.45) is 5.27. The summed E-state index contributed by atoms with van der Waals surface area (Å²) in [7, 11) is 0. The van der Waals surface area contributed by atoms with Gasteiger partial charge in [0.15, 0.2) is 0 Å². The first-order valence-corrected chi connectivity index (χ1v) is 5.57. The van der Waals surface area contributed by atoms with E-state index in [1.54, 1.807) is 0 Å². The average Bonchev–Trinajstić information content (AvgIpc) is 3.03. The summed E-state index contributed by atoms with van der Waals surface area (Å²) >= 11 is 0. The topological polar surface area (TPSA) is 62.4 Å². The first-order chi connectivity index (χ1) is 6.79. The Balaban J connectivity index is 1.73. The van der Waals surface area contributed by atoms with Crippen molar-refractivity contribution in [3.05, 3.63) is 0 Å². The molecule has 4 N–H and O–H groups in total. The third-order valence-corrected chi connectivity index (χ3v) is 3.02. The summed E-state index contributed by atoms with van der Waals surface area (Å²) in [6.45, 7) is 3.16. The number of guanidine groups is 1. The fourth-order valence-electron chi connectivity index (χ4n) is 1.60. The Morgan fingerprint density at radius 3 is 2.64 bits per heavy atom. The van der Waals surface area contributed by atoms with Gasteiger partial charge in [0.2, 0.25) is 5.96 Å². The minimum absolute atomic E-state index is 0.612. The lowest BCUT2D eigenvalue weighted by Crippen LogP contribution is -2.42. The molecule has 0 aromatic heterocycles. The maximum Gasteiger partial charge on any atom is 0.205 e. The van der Waals surface area contributed by atoms with Crippen molar-refractivity contribution in [2.24, 2.45) is 22.7 Å².